The zero-order valence-electron chi connectivity index (χ0n) is 9.32. The van der Waals surface area contributed by atoms with Crippen LogP contribution in [0.5, 0.6) is 0 Å². The van der Waals surface area contributed by atoms with Crippen LogP contribution in [0, 0.1) is 5.92 Å². The molecule has 1 rings (SSSR count). The fraction of sp³-hybridized carbons (Fsp3) is 0.455. The molecule has 0 aliphatic carbocycles. The molecule has 0 atom stereocenters. The van der Waals surface area contributed by atoms with Crippen molar-refractivity contribution in [3.8, 4) is 0 Å². The van der Waals surface area contributed by atoms with E-state index in [0.717, 1.165) is 4.88 Å². The fourth-order valence-corrected chi connectivity index (χ4v) is 2.00. The van der Waals surface area contributed by atoms with E-state index in [0.29, 0.717) is 23.8 Å². The quantitative estimate of drug-likeness (QED) is 0.829. The highest BCUT2D eigenvalue weighted by Crippen LogP contribution is 2.16. The minimum Gasteiger partial charge on any atom is -0.477 e. The van der Waals surface area contributed by atoms with Crippen LogP contribution >= 0.6 is 11.3 Å². The molecule has 4 nitrogen and oxygen atoms in total. The van der Waals surface area contributed by atoms with Crippen LogP contribution in [0.3, 0.4) is 0 Å². The Bertz CT molecular complexity index is 384. The first-order valence-electron chi connectivity index (χ1n) is 5.07. The van der Waals surface area contributed by atoms with E-state index in [1.54, 1.807) is 12.1 Å². The minimum atomic E-state index is -0.926. The van der Waals surface area contributed by atoms with E-state index >= 15 is 0 Å². The molecule has 1 aromatic heterocycles. The number of hydrogen-bond acceptors (Lipinski definition) is 3. The average molecular weight is 241 g/mol. The van der Waals surface area contributed by atoms with Gasteiger partial charge in [-0.1, -0.05) is 13.8 Å². The minimum absolute atomic E-state index is 0.000255. The lowest BCUT2D eigenvalue weighted by Gasteiger charge is -2.05. The Morgan fingerprint density at radius 1 is 1.44 bits per heavy atom. The van der Waals surface area contributed by atoms with Crippen LogP contribution in [0.2, 0.25) is 0 Å². The summed E-state index contributed by atoms with van der Waals surface area (Å²) in [4.78, 5) is 23.1. The van der Waals surface area contributed by atoms with E-state index in [2.05, 4.69) is 5.32 Å². The van der Waals surface area contributed by atoms with Crippen LogP contribution in [0.15, 0.2) is 12.1 Å². The van der Waals surface area contributed by atoms with Gasteiger partial charge < -0.3 is 10.4 Å². The largest absolute Gasteiger partial charge is 0.477 e. The smallest absolute Gasteiger partial charge is 0.345 e. The van der Waals surface area contributed by atoms with Crippen LogP contribution in [0.4, 0.5) is 0 Å². The lowest BCUT2D eigenvalue weighted by Crippen LogP contribution is -2.23. The van der Waals surface area contributed by atoms with Crippen LogP contribution in [-0.4, -0.2) is 17.0 Å². The van der Waals surface area contributed by atoms with Crippen molar-refractivity contribution in [2.45, 2.75) is 26.8 Å². The van der Waals surface area contributed by atoms with Crippen molar-refractivity contribution in [1.29, 1.82) is 0 Å². The molecule has 0 aliphatic rings. The van der Waals surface area contributed by atoms with Crippen molar-refractivity contribution >= 4 is 23.2 Å². The number of hydrogen-bond donors (Lipinski definition) is 2. The van der Waals surface area contributed by atoms with Gasteiger partial charge in [0.25, 0.3) is 0 Å². The van der Waals surface area contributed by atoms with Crippen LogP contribution in [-0.2, 0) is 11.3 Å². The Balaban J connectivity index is 2.42. The first-order chi connectivity index (χ1) is 7.49. The maximum absolute atomic E-state index is 11.3. The molecule has 88 valence electrons. The van der Waals surface area contributed by atoms with Crippen LogP contribution in [0.25, 0.3) is 0 Å². The van der Waals surface area contributed by atoms with Gasteiger partial charge in [-0.25, -0.2) is 4.79 Å². The Labute approximate surface area is 98.3 Å². The third kappa shape index (κ3) is 4.02. The van der Waals surface area contributed by atoms with Gasteiger partial charge in [-0.15, -0.1) is 11.3 Å². The number of carboxylic acids is 1. The summed E-state index contributed by atoms with van der Waals surface area (Å²) in [5.41, 5.74) is 0. The summed E-state index contributed by atoms with van der Waals surface area (Å²) in [6.07, 6.45) is 0.497. The number of rotatable bonds is 5. The first-order valence-corrected chi connectivity index (χ1v) is 5.89. The Morgan fingerprint density at radius 3 is 2.62 bits per heavy atom. The molecule has 0 unspecified atom stereocenters. The summed E-state index contributed by atoms with van der Waals surface area (Å²) in [6.45, 7) is 4.37. The van der Waals surface area contributed by atoms with Gasteiger partial charge >= 0.3 is 5.97 Å². The molecule has 0 aliphatic heterocycles. The molecule has 0 bridgehead atoms. The summed E-state index contributed by atoms with van der Waals surface area (Å²) in [6, 6.07) is 3.28. The van der Waals surface area contributed by atoms with Crippen molar-refractivity contribution < 1.29 is 14.7 Å². The van der Waals surface area contributed by atoms with Gasteiger partial charge in [-0.2, -0.15) is 0 Å². The molecule has 0 aromatic carbocycles. The molecule has 0 saturated carbocycles. The van der Waals surface area contributed by atoms with E-state index < -0.39 is 5.97 Å². The van der Waals surface area contributed by atoms with E-state index in [9.17, 15) is 9.59 Å². The zero-order chi connectivity index (χ0) is 12.1. The second kappa shape index (κ2) is 5.65. The predicted molar refractivity (Wildman–Crippen MR) is 62.6 cm³/mol. The molecule has 0 saturated heterocycles. The van der Waals surface area contributed by atoms with Crippen molar-refractivity contribution in [3.05, 3.63) is 21.9 Å². The highest BCUT2D eigenvalue weighted by molar-refractivity contribution is 7.13. The van der Waals surface area contributed by atoms with Gasteiger partial charge in [0.2, 0.25) is 5.91 Å². The third-order valence-corrected chi connectivity index (χ3v) is 3.00. The van der Waals surface area contributed by atoms with Crippen molar-refractivity contribution in [3.63, 3.8) is 0 Å². The normalized spacial score (nSPS) is 10.4. The number of carbonyl (C=O) groups is 2. The van der Waals surface area contributed by atoms with Gasteiger partial charge in [-0.05, 0) is 18.1 Å². The third-order valence-electron chi connectivity index (χ3n) is 1.93. The summed E-state index contributed by atoms with van der Waals surface area (Å²) in [5, 5.41) is 11.5. The van der Waals surface area contributed by atoms with E-state index in [-0.39, 0.29) is 5.91 Å². The number of carbonyl (C=O) groups excluding carboxylic acids is 1. The molecule has 16 heavy (non-hydrogen) atoms. The Kier molecular flexibility index (Phi) is 4.49. The summed E-state index contributed by atoms with van der Waals surface area (Å²) in [7, 11) is 0. The lowest BCUT2D eigenvalue weighted by atomic mass is 10.1. The molecule has 0 spiro atoms. The van der Waals surface area contributed by atoms with Gasteiger partial charge in [0, 0.05) is 11.3 Å². The molecule has 5 heteroatoms. The highest BCUT2D eigenvalue weighted by atomic mass is 32.1. The number of amides is 1. The second-order valence-corrected chi connectivity index (χ2v) is 5.11. The molecule has 0 fully saturated rings. The molecular formula is C11H15NO3S. The SMILES string of the molecule is CC(C)CC(=O)NCc1ccc(C(=O)O)s1. The molecule has 1 heterocycles. The standard InChI is InChI=1S/C11H15NO3S/c1-7(2)5-10(13)12-6-8-3-4-9(16-8)11(14)15/h3-4,7H,5-6H2,1-2H3,(H,12,13)(H,14,15). The first kappa shape index (κ1) is 12.7. The lowest BCUT2D eigenvalue weighted by molar-refractivity contribution is -0.121. The molecule has 1 aromatic rings. The topological polar surface area (TPSA) is 66.4 Å². The number of aromatic carboxylic acids is 1. The molecule has 2 N–H and O–H groups in total. The van der Waals surface area contributed by atoms with E-state index in [1.807, 2.05) is 13.8 Å². The van der Waals surface area contributed by atoms with Gasteiger partial charge in [0.15, 0.2) is 0 Å². The van der Waals surface area contributed by atoms with E-state index in [1.165, 1.54) is 11.3 Å². The number of nitrogens with one attached hydrogen (secondary N) is 1. The summed E-state index contributed by atoms with van der Waals surface area (Å²) >= 11 is 1.19. The molecule has 0 radical (unpaired) electrons. The number of carboxylic acid groups (broad SMARTS) is 1. The zero-order valence-corrected chi connectivity index (χ0v) is 10.1. The second-order valence-electron chi connectivity index (χ2n) is 3.95. The van der Waals surface area contributed by atoms with Crippen molar-refractivity contribution in [2.24, 2.45) is 5.92 Å². The van der Waals surface area contributed by atoms with Crippen molar-refractivity contribution in [2.75, 3.05) is 0 Å². The summed E-state index contributed by atoms with van der Waals surface area (Å²) in [5.74, 6) is -0.594. The Hall–Kier alpha value is -1.36. The van der Waals surface area contributed by atoms with Gasteiger partial charge in [0.1, 0.15) is 4.88 Å². The monoisotopic (exact) mass is 241 g/mol. The highest BCUT2D eigenvalue weighted by Gasteiger charge is 2.08. The van der Waals surface area contributed by atoms with Gasteiger partial charge in [-0.3, -0.25) is 4.79 Å². The average Bonchev–Trinajstić information content (AvgIpc) is 2.61. The van der Waals surface area contributed by atoms with Crippen LogP contribution in [0.1, 0.15) is 34.8 Å². The number of thiophene rings is 1. The fourth-order valence-electron chi connectivity index (χ4n) is 1.22. The molecule has 1 amide bonds. The Morgan fingerprint density at radius 2 is 2.12 bits per heavy atom. The van der Waals surface area contributed by atoms with Crippen LogP contribution < -0.4 is 5.32 Å². The van der Waals surface area contributed by atoms with Crippen molar-refractivity contribution in [1.82, 2.24) is 5.32 Å². The van der Waals surface area contributed by atoms with Gasteiger partial charge in [0.05, 0.1) is 6.54 Å². The maximum atomic E-state index is 11.3. The summed E-state index contributed by atoms with van der Waals surface area (Å²) < 4.78 is 0. The predicted octanol–water partition coefficient (Wildman–Crippen LogP) is 2.11. The molecular weight excluding hydrogens is 226 g/mol. The maximum Gasteiger partial charge on any atom is 0.345 e. The van der Waals surface area contributed by atoms with E-state index in [4.69, 9.17) is 5.11 Å².